The minimum absolute atomic E-state index is 0.0116. The highest BCUT2D eigenvalue weighted by Crippen LogP contribution is 2.36. The van der Waals surface area contributed by atoms with Gasteiger partial charge in [0.1, 0.15) is 11.3 Å². The minimum Gasteiger partial charge on any atom is -0.504 e. The molecule has 0 saturated carbocycles. The fraction of sp³-hybridized carbons (Fsp3) is 0.115. The Morgan fingerprint density at radius 3 is 2.15 bits per heavy atom. The lowest BCUT2D eigenvalue weighted by molar-refractivity contribution is -0.137. The second-order valence-electron chi connectivity index (χ2n) is 7.39. The Bertz CT molecular complexity index is 1290. The molecule has 0 unspecified atom stereocenters. The molecule has 1 heterocycles. The van der Waals surface area contributed by atoms with Crippen molar-refractivity contribution in [2.24, 2.45) is 0 Å². The number of cyclic esters (lactones) is 1. The van der Waals surface area contributed by atoms with E-state index in [1.54, 1.807) is 24.3 Å². The molecular weight excluding hydrogens is 469 g/mol. The molecule has 0 fully saturated rings. The van der Waals surface area contributed by atoms with E-state index in [1.807, 2.05) is 31.2 Å². The van der Waals surface area contributed by atoms with Crippen molar-refractivity contribution in [1.29, 1.82) is 0 Å². The lowest BCUT2D eigenvalue weighted by Crippen LogP contribution is -2.05. The zero-order valence-electron chi connectivity index (χ0n) is 17.8. The summed E-state index contributed by atoms with van der Waals surface area (Å²) in [6.07, 6.45) is -3.47. The normalized spacial score (nSPS) is 15.1. The van der Waals surface area contributed by atoms with Crippen molar-refractivity contribution < 1.29 is 32.5 Å². The summed E-state index contributed by atoms with van der Waals surface area (Å²) in [4.78, 5) is 12.4. The van der Waals surface area contributed by atoms with Gasteiger partial charge in [0.15, 0.2) is 11.5 Å². The Hall–Kier alpha value is -3.71. The monoisotopic (exact) mass is 486 g/mol. The summed E-state index contributed by atoms with van der Waals surface area (Å²) in [5.74, 6) is -0.823. The highest BCUT2D eigenvalue weighted by molar-refractivity contribution is 6.32. The molecule has 0 saturated heterocycles. The minimum atomic E-state index is -4.57. The van der Waals surface area contributed by atoms with Gasteiger partial charge in [-0.1, -0.05) is 48.0 Å². The van der Waals surface area contributed by atoms with E-state index in [1.165, 1.54) is 0 Å². The largest absolute Gasteiger partial charge is 0.504 e. The fourth-order valence-corrected chi connectivity index (χ4v) is 3.66. The van der Waals surface area contributed by atoms with Crippen molar-refractivity contribution in [1.82, 2.24) is 0 Å². The molecule has 0 spiro atoms. The van der Waals surface area contributed by atoms with Crippen molar-refractivity contribution in [3.05, 3.63) is 100.0 Å². The summed E-state index contributed by atoms with van der Waals surface area (Å²) >= 11 is 6.01. The molecule has 174 valence electrons. The van der Waals surface area contributed by atoms with Gasteiger partial charge in [0.25, 0.3) is 0 Å². The summed E-state index contributed by atoms with van der Waals surface area (Å²) in [7, 11) is 0. The molecule has 8 heteroatoms. The molecule has 3 aromatic carbocycles. The number of rotatable bonds is 5. The van der Waals surface area contributed by atoms with Crippen LogP contribution in [0, 0.1) is 0 Å². The third-order valence-electron chi connectivity index (χ3n) is 5.16. The molecular formula is C26H18ClF3O4. The highest BCUT2D eigenvalue weighted by atomic mass is 35.5. The van der Waals surface area contributed by atoms with Crippen LogP contribution >= 0.6 is 11.6 Å². The molecule has 0 atom stereocenters. The second kappa shape index (κ2) is 9.27. The number of esters is 1. The van der Waals surface area contributed by atoms with E-state index in [2.05, 4.69) is 0 Å². The van der Waals surface area contributed by atoms with E-state index in [4.69, 9.17) is 21.1 Å². The summed E-state index contributed by atoms with van der Waals surface area (Å²) < 4.78 is 49.6. The van der Waals surface area contributed by atoms with E-state index in [0.29, 0.717) is 12.2 Å². The first-order valence-electron chi connectivity index (χ1n) is 10.2. The van der Waals surface area contributed by atoms with Gasteiger partial charge in [-0.05, 0) is 65.6 Å². The van der Waals surface area contributed by atoms with Gasteiger partial charge in [0.2, 0.25) is 0 Å². The third kappa shape index (κ3) is 4.79. The highest BCUT2D eigenvalue weighted by Gasteiger charge is 2.33. The standard InChI is InChI=1S/C26H18ClF3O4/c1-2-33-20-10-7-16(8-11-20)15-3-5-17(6-4-15)23-24(31)22(34-25(23)32)14-18-13-19(26(28,29)30)9-12-21(18)27/h3-14,31H,2H2,1H3. The molecule has 4 nitrogen and oxygen atoms in total. The maximum atomic E-state index is 13.0. The molecule has 3 aromatic rings. The number of aliphatic hydroxyl groups is 1. The first-order chi connectivity index (χ1) is 16.2. The summed E-state index contributed by atoms with van der Waals surface area (Å²) in [5, 5.41) is 10.6. The molecule has 34 heavy (non-hydrogen) atoms. The Labute approximate surface area is 198 Å². The average Bonchev–Trinajstić information content (AvgIpc) is 3.08. The number of halogens is 4. The van der Waals surface area contributed by atoms with Crippen molar-refractivity contribution >= 4 is 29.2 Å². The predicted molar refractivity (Wildman–Crippen MR) is 123 cm³/mol. The first-order valence-corrected chi connectivity index (χ1v) is 10.6. The quantitative estimate of drug-likeness (QED) is 0.385. The van der Waals surface area contributed by atoms with Crippen LogP contribution in [0.15, 0.2) is 78.2 Å². The molecule has 0 amide bonds. The molecule has 1 N–H and O–H groups in total. The third-order valence-corrected chi connectivity index (χ3v) is 5.50. The Morgan fingerprint density at radius 2 is 1.56 bits per heavy atom. The number of hydrogen-bond acceptors (Lipinski definition) is 4. The first kappa shape index (κ1) is 23.4. The van der Waals surface area contributed by atoms with Crippen LogP contribution in [0.4, 0.5) is 13.2 Å². The number of aliphatic hydroxyl groups excluding tert-OH is 1. The Morgan fingerprint density at radius 1 is 0.971 bits per heavy atom. The zero-order chi connectivity index (χ0) is 24.5. The number of carbonyl (C=O) groups is 1. The van der Waals surface area contributed by atoms with Gasteiger partial charge >= 0.3 is 12.1 Å². The number of alkyl halides is 3. The van der Waals surface area contributed by atoms with E-state index in [9.17, 15) is 23.1 Å². The van der Waals surface area contributed by atoms with Gasteiger partial charge in [0.05, 0.1) is 12.2 Å². The van der Waals surface area contributed by atoms with Gasteiger partial charge in [-0.25, -0.2) is 4.79 Å². The lowest BCUT2D eigenvalue weighted by atomic mass is 10.00. The smallest absolute Gasteiger partial charge is 0.416 e. The maximum absolute atomic E-state index is 13.0. The molecule has 1 aliphatic heterocycles. The number of hydrogen-bond donors (Lipinski definition) is 1. The van der Waals surface area contributed by atoms with Crippen LogP contribution in [-0.4, -0.2) is 17.7 Å². The van der Waals surface area contributed by atoms with Crippen molar-refractivity contribution in [2.45, 2.75) is 13.1 Å². The van der Waals surface area contributed by atoms with E-state index in [0.717, 1.165) is 41.2 Å². The SMILES string of the molecule is CCOc1ccc(-c2ccc(C3=C(O)C(=Cc4cc(C(F)(F)F)ccc4Cl)OC3=O)cc2)cc1. The van der Waals surface area contributed by atoms with Crippen molar-refractivity contribution in [3.8, 4) is 16.9 Å². The van der Waals surface area contributed by atoms with E-state index >= 15 is 0 Å². The zero-order valence-corrected chi connectivity index (χ0v) is 18.6. The Balaban J connectivity index is 1.64. The summed E-state index contributed by atoms with van der Waals surface area (Å²) in [6.45, 7) is 2.47. The second-order valence-corrected chi connectivity index (χ2v) is 7.80. The summed E-state index contributed by atoms with van der Waals surface area (Å²) in [6, 6.07) is 17.1. The van der Waals surface area contributed by atoms with Crippen LogP contribution < -0.4 is 4.74 Å². The van der Waals surface area contributed by atoms with Crippen LogP contribution in [0.1, 0.15) is 23.6 Å². The molecule has 0 radical (unpaired) electrons. The van der Waals surface area contributed by atoms with Gasteiger partial charge < -0.3 is 14.6 Å². The van der Waals surface area contributed by atoms with E-state index in [-0.39, 0.29) is 21.9 Å². The maximum Gasteiger partial charge on any atom is 0.416 e. The van der Waals surface area contributed by atoms with Crippen LogP contribution in [0.3, 0.4) is 0 Å². The summed E-state index contributed by atoms with van der Waals surface area (Å²) in [5.41, 5.74) is 1.16. The van der Waals surface area contributed by atoms with Crippen LogP contribution in [0.2, 0.25) is 5.02 Å². The van der Waals surface area contributed by atoms with Crippen LogP contribution in [-0.2, 0) is 15.7 Å². The molecule has 0 aromatic heterocycles. The molecule has 4 rings (SSSR count). The number of benzene rings is 3. The van der Waals surface area contributed by atoms with Gasteiger partial charge in [0, 0.05) is 5.02 Å². The fourth-order valence-electron chi connectivity index (χ4n) is 3.48. The Kier molecular flexibility index (Phi) is 6.39. The average molecular weight is 487 g/mol. The molecule has 0 bridgehead atoms. The number of ether oxygens (including phenoxy) is 2. The van der Waals surface area contributed by atoms with Crippen molar-refractivity contribution in [2.75, 3.05) is 6.61 Å². The topological polar surface area (TPSA) is 55.8 Å². The van der Waals surface area contributed by atoms with Gasteiger partial charge in [-0.3, -0.25) is 0 Å². The van der Waals surface area contributed by atoms with Crippen molar-refractivity contribution in [3.63, 3.8) is 0 Å². The van der Waals surface area contributed by atoms with Gasteiger partial charge in [-0.15, -0.1) is 0 Å². The predicted octanol–water partition coefficient (Wildman–Crippen LogP) is 7.29. The lowest BCUT2D eigenvalue weighted by Gasteiger charge is -2.08. The van der Waals surface area contributed by atoms with E-state index < -0.39 is 23.5 Å². The van der Waals surface area contributed by atoms with Gasteiger partial charge in [-0.2, -0.15) is 13.2 Å². The molecule has 0 aliphatic carbocycles. The number of carbonyl (C=O) groups excluding carboxylic acids is 1. The molecule has 1 aliphatic rings. The van der Waals surface area contributed by atoms with Crippen LogP contribution in [0.5, 0.6) is 5.75 Å². The van der Waals surface area contributed by atoms with Crippen LogP contribution in [0.25, 0.3) is 22.8 Å².